The van der Waals surface area contributed by atoms with Crippen LogP contribution in [0.15, 0.2) is 36.4 Å². The van der Waals surface area contributed by atoms with Crippen LogP contribution in [0.1, 0.15) is 18.1 Å². The Balaban J connectivity index is 2.37. The minimum atomic E-state index is -0.268. The van der Waals surface area contributed by atoms with Crippen LogP contribution in [0.25, 0.3) is 11.1 Å². The Bertz CT molecular complexity index is 581. The molecule has 0 bridgehead atoms. The number of rotatable bonds is 4. The van der Waals surface area contributed by atoms with Gasteiger partial charge in [0.05, 0.1) is 0 Å². The van der Waals surface area contributed by atoms with Gasteiger partial charge in [-0.15, -0.1) is 0 Å². The summed E-state index contributed by atoms with van der Waals surface area (Å²) in [6, 6.07) is 10.6. The number of hydrogen-bond donors (Lipinski definition) is 1. The highest BCUT2D eigenvalue weighted by atomic mass is 35.5. The molecular weight excluding hydrogens is 261 g/mol. The van der Waals surface area contributed by atoms with Gasteiger partial charge in [-0.25, -0.2) is 4.39 Å². The lowest BCUT2D eigenvalue weighted by Gasteiger charge is -2.11. The average molecular weight is 278 g/mol. The van der Waals surface area contributed by atoms with Gasteiger partial charge in [0.2, 0.25) is 0 Å². The molecule has 1 N–H and O–H groups in total. The molecule has 0 heterocycles. The molecule has 2 aromatic carbocycles. The number of aryl methyl sites for hydroxylation is 1. The quantitative estimate of drug-likeness (QED) is 0.864. The predicted octanol–water partition coefficient (Wildman–Crippen LogP) is 4.56. The Morgan fingerprint density at radius 2 is 1.89 bits per heavy atom. The van der Waals surface area contributed by atoms with E-state index in [9.17, 15) is 4.39 Å². The summed E-state index contributed by atoms with van der Waals surface area (Å²) < 4.78 is 13.3. The summed E-state index contributed by atoms with van der Waals surface area (Å²) in [6.07, 6.45) is 0. The van der Waals surface area contributed by atoms with Gasteiger partial charge in [0.15, 0.2) is 0 Å². The summed E-state index contributed by atoms with van der Waals surface area (Å²) in [5.41, 5.74) is 4.04. The normalized spacial score (nSPS) is 10.7. The fourth-order valence-electron chi connectivity index (χ4n) is 2.11. The number of benzene rings is 2. The van der Waals surface area contributed by atoms with E-state index in [1.807, 2.05) is 19.1 Å². The zero-order valence-corrected chi connectivity index (χ0v) is 11.9. The summed E-state index contributed by atoms with van der Waals surface area (Å²) in [7, 11) is 0. The molecule has 0 atom stereocenters. The zero-order valence-electron chi connectivity index (χ0n) is 11.1. The van der Waals surface area contributed by atoms with Gasteiger partial charge in [0.1, 0.15) is 5.82 Å². The molecule has 0 spiro atoms. The van der Waals surface area contributed by atoms with Crippen molar-refractivity contribution < 1.29 is 4.39 Å². The molecule has 3 heteroatoms. The van der Waals surface area contributed by atoms with Gasteiger partial charge < -0.3 is 5.32 Å². The van der Waals surface area contributed by atoms with E-state index in [0.29, 0.717) is 5.02 Å². The van der Waals surface area contributed by atoms with Crippen LogP contribution in [0.5, 0.6) is 0 Å². The molecule has 0 unspecified atom stereocenters. The monoisotopic (exact) mass is 277 g/mol. The van der Waals surface area contributed by atoms with Crippen LogP contribution < -0.4 is 5.32 Å². The first kappa shape index (κ1) is 14.0. The van der Waals surface area contributed by atoms with Crippen LogP contribution in [-0.4, -0.2) is 6.54 Å². The Morgan fingerprint density at radius 3 is 2.58 bits per heavy atom. The van der Waals surface area contributed by atoms with E-state index in [1.54, 1.807) is 6.07 Å². The topological polar surface area (TPSA) is 12.0 Å². The highest BCUT2D eigenvalue weighted by Gasteiger charge is 2.08. The Morgan fingerprint density at radius 1 is 1.11 bits per heavy atom. The third-order valence-corrected chi connectivity index (χ3v) is 3.42. The Kier molecular flexibility index (Phi) is 4.56. The summed E-state index contributed by atoms with van der Waals surface area (Å²) in [5.74, 6) is -0.268. The first-order valence-electron chi connectivity index (χ1n) is 6.37. The molecule has 0 aliphatic heterocycles. The summed E-state index contributed by atoms with van der Waals surface area (Å²) >= 11 is 6.15. The van der Waals surface area contributed by atoms with E-state index < -0.39 is 0 Å². The molecule has 19 heavy (non-hydrogen) atoms. The van der Waals surface area contributed by atoms with Crippen molar-refractivity contribution in [3.63, 3.8) is 0 Å². The first-order chi connectivity index (χ1) is 9.11. The van der Waals surface area contributed by atoms with Crippen LogP contribution in [-0.2, 0) is 6.54 Å². The van der Waals surface area contributed by atoms with Crippen molar-refractivity contribution in [2.75, 3.05) is 6.54 Å². The standard InChI is InChI=1S/C16H17ClFN/c1-3-19-10-12-4-6-14(11(2)8-12)15-9-13(18)5-7-16(15)17/h4-9,19H,3,10H2,1-2H3. The maximum Gasteiger partial charge on any atom is 0.123 e. The van der Waals surface area contributed by atoms with Crippen molar-refractivity contribution in [2.45, 2.75) is 20.4 Å². The highest BCUT2D eigenvalue weighted by Crippen LogP contribution is 2.31. The number of hydrogen-bond acceptors (Lipinski definition) is 1. The van der Waals surface area contributed by atoms with Gasteiger partial charge in [-0.1, -0.05) is 36.7 Å². The van der Waals surface area contributed by atoms with Crippen LogP contribution in [0.3, 0.4) is 0 Å². The van der Waals surface area contributed by atoms with Gasteiger partial charge >= 0.3 is 0 Å². The lowest BCUT2D eigenvalue weighted by atomic mass is 9.98. The maximum absolute atomic E-state index is 13.3. The van der Waals surface area contributed by atoms with E-state index in [1.165, 1.54) is 17.7 Å². The second-order valence-corrected chi connectivity index (χ2v) is 4.96. The van der Waals surface area contributed by atoms with Gasteiger partial charge in [0.25, 0.3) is 0 Å². The van der Waals surface area contributed by atoms with Gasteiger partial charge in [0, 0.05) is 17.1 Å². The molecule has 2 rings (SSSR count). The van der Waals surface area contributed by atoms with Crippen molar-refractivity contribution in [1.82, 2.24) is 5.32 Å². The Hall–Kier alpha value is -1.38. The maximum atomic E-state index is 13.3. The molecule has 0 saturated carbocycles. The molecular formula is C16H17ClFN. The van der Waals surface area contributed by atoms with Crippen molar-refractivity contribution in [3.8, 4) is 11.1 Å². The van der Waals surface area contributed by atoms with E-state index >= 15 is 0 Å². The lowest BCUT2D eigenvalue weighted by molar-refractivity contribution is 0.628. The molecule has 0 aromatic heterocycles. The molecule has 0 amide bonds. The van der Waals surface area contributed by atoms with Crippen molar-refractivity contribution in [1.29, 1.82) is 0 Å². The predicted molar refractivity (Wildman–Crippen MR) is 79.0 cm³/mol. The van der Waals surface area contributed by atoms with E-state index in [4.69, 9.17) is 11.6 Å². The number of nitrogens with one attached hydrogen (secondary N) is 1. The van der Waals surface area contributed by atoms with Gasteiger partial charge in [-0.05, 0) is 48.4 Å². The van der Waals surface area contributed by atoms with Crippen molar-refractivity contribution in [2.24, 2.45) is 0 Å². The highest BCUT2D eigenvalue weighted by molar-refractivity contribution is 6.33. The van der Waals surface area contributed by atoms with Crippen LogP contribution >= 0.6 is 11.6 Å². The van der Waals surface area contributed by atoms with Crippen LogP contribution in [0.2, 0.25) is 5.02 Å². The second-order valence-electron chi connectivity index (χ2n) is 4.55. The minimum absolute atomic E-state index is 0.268. The van der Waals surface area contributed by atoms with Gasteiger partial charge in [-0.3, -0.25) is 0 Å². The molecule has 0 saturated heterocycles. The van der Waals surface area contributed by atoms with Crippen LogP contribution in [0, 0.1) is 12.7 Å². The molecule has 100 valence electrons. The molecule has 0 aliphatic rings. The largest absolute Gasteiger partial charge is 0.313 e. The average Bonchev–Trinajstić information content (AvgIpc) is 2.40. The summed E-state index contributed by atoms with van der Waals surface area (Å²) in [4.78, 5) is 0. The number of halogens is 2. The molecule has 0 radical (unpaired) electrons. The molecule has 0 aliphatic carbocycles. The van der Waals surface area contributed by atoms with E-state index in [-0.39, 0.29) is 5.82 Å². The van der Waals surface area contributed by atoms with Crippen molar-refractivity contribution >= 4 is 11.6 Å². The zero-order chi connectivity index (χ0) is 13.8. The Labute approximate surface area is 118 Å². The molecule has 0 fully saturated rings. The van der Waals surface area contributed by atoms with Gasteiger partial charge in [-0.2, -0.15) is 0 Å². The molecule has 1 nitrogen and oxygen atoms in total. The molecule has 2 aromatic rings. The fraction of sp³-hybridized carbons (Fsp3) is 0.250. The third kappa shape index (κ3) is 3.34. The third-order valence-electron chi connectivity index (χ3n) is 3.09. The smallest absolute Gasteiger partial charge is 0.123 e. The second kappa shape index (κ2) is 6.18. The first-order valence-corrected chi connectivity index (χ1v) is 6.75. The SMILES string of the molecule is CCNCc1ccc(-c2cc(F)ccc2Cl)c(C)c1. The van der Waals surface area contributed by atoms with Crippen LogP contribution in [0.4, 0.5) is 4.39 Å². The van der Waals surface area contributed by atoms with E-state index in [2.05, 4.69) is 18.3 Å². The van der Waals surface area contributed by atoms with E-state index in [0.717, 1.165) is 29.8 Å². The van der Waals surface area contributed by atoms with Crippen molar-refractivity contribution in [3.05, 3.63) is 58.4 Å². The lowest BCUT2D eigenvalue weighted by Crippen LogP contribution is -2.11. The minimum Gasteiger partial charge on any atom is -0.313 e. The fourth-order valence-corrected chi connectivity index (χ4v) is 2.33. The summed E-state index contributed by atoms with van der Waals surface area (Å²) in [5, 5.41) is 3.86. The summed E-state index contributed by atoms with van der Waals surface area (Å²) in [6.45, 7) is 5.88.